The smallest absolute Gasteiger partial charge is 0.0418 e. The normalized spacial score (nSPS) is 9.38. The summed E-state index contributed by atoms with van der Waals surface area (Å²) in [5.74, 6) is 0. The Morgan fingerprint density at radius 3 is 2.00 bits per heavy atom. The first-order chi connectivity index (χ1) is 3.91. The average Bonchev–Trinajstić information content (AvgIpc) is 1.88. The minimum Gasteiger partial charge on any atom is -0.403 e. The van der Waals surface area contributed by atoms with Gasteiger partial charge in [0.25, 0.3) is 0 Å². The molecule has 0 saturated heterocycles. The van der Waals surface area contributed by atoms with Crippen molar-refractivity contribution in [3.63, 3.8) is 0 Å². The first-order valence-electron chi connectivity index (χ1n) is 2.76. The van der Waals surface area contributed by atoms with E-state index in [9.17, 15) is 0 Å². The van der Waals surface area contributed by atoms with E-state index in [0.29, 0.717) is 0 Å². The number of hydrogen-bond donors (Lipinski definition) is 1. The van der Waals surface area contributed by atoms with Crippen LogP contribution in [0.15, 0.2) is 17.4 Å². The molecule has 0 aromatic rings. The van der Waals surface area contributed by atoms with Gasteiger partial charge in [0.1, 0.15) is 0 Å². The summed E-state index contributed by atoms with van der Waals surface area (Å²) in [6, 6.07) is 0. The monoisotopic (exact) mass is 114 g/mol. The van der Waals surface area contributed by atoms with Gasteiger partial charge in [0, 0.05) is 18.6 Å². The first-order valence-corrected chi connectivity index (χ1v) is 2.76. The van der Waals surface area contributed by atoms with Gasteiger partial charge in [-0.3, -0.25) is 4.99 Å². The molecule has 2 heteroatoms. The van der Waals surface area contributed by atoms with Gasteiger partial charge in [-0.05, 0) is 6.92 Å². The van der Waals surface area contributed by atoms with Gasteiger partial charge in [0.15, 0.2) is 0 Å². The molecule has 0 aromatic carbocycles. The van der Waals surface area contributed by atoms with Crippen molar-refractivity contribution in [2.75, 3.05) is 0 Å². The van der Waals surface area contributed by atoms with E-state index in [0.717, 1.165) is 0 Å². The van der Waals surface area contributed by atoms with Crippen molar-refractivity contribution in [1.29, 1.82) is 0 Å². The third-order valence-corrected chi connectivity index (χ3v) is 0.321. The second-order valence-electron chi connectivity index (χ2n) is 0.749. The third kappa shape index (κ3) is 18.9. The fraction of sp³-hybridized carbons (Fsp3) is 0.500. The van der Waals surface area contributed by atoms with Crippen LogP contribution in [0.2, 0.25) is 0 Å². The highest BCUT2D eigenvalue weighted by Gasteiger charge is 1.48. The van der Waals surface area contributed by atoms with Crippen LogP contribution in [-0.2, 0) is 0 Å². The molecular weight excluding hydrogens is 100 g/mol. The van der Waals surface area contributed by atoms with E-state index < -0.39 is 0 Å². The summed E-state index contributed by atoms with van der Waals surface area (Å²) < 4.78 is 0. The number of nitrogens with zero attached hydrogens (tertiary/aromatic N) is 1. The maximum atomic E-state index is 4.92. The van der Waals surface area contributed by atoms with Crippen LogP contribution in [0.3, 0.4) is 0 Å². The average molecular weight is 114 g/mol. The Morgan fingerprint density at radius 1 is 1.38 bits per heavy atom. The lowest BCUT2D eigenvalue weighted by atomic mass is 10.8. The quantitative estimate of drug-likeness (QED) is 0.516. The Morgan fingerprint density at radius 2 is 1.88 bits per heavy atom. The summed E-state index contributed by atoms with van der Waals surface area (Å²) in [4.78, 5) is 3.66. The number of aliphatic imine (C=N–C) groups is 1. The minimum atomic E-state index is 1.39. The molecule has 0 aliphatic carbocycles. The van der Waals surface area contributed by atoms with Gasteiger partial charge in [0.05, 0.1) is 0 Å². The van der Waals surface area contributed by atoms with Gasteiger partial charge in [-0.1, -0.05) is 13.8 Å². The Labute approximate surface area is 51.1 Å². The van der Waals surface area contributed by atoms with Crippen molar-refractivity contribution in [3.8, 4) is 0 Å². The Kier molecular flexibility index (Phi) is 20.9. The zero-order chi connectivity index (χ0) is 6.83. The van der Waals surface area contributed by atoms with Crippen LogP contribution in [-0.4, -0.2) is 6.21 Å². The molecule has 0 bridgehead atoms. The number of nitrogens with two attached hydrogens (primary N) is 1. The number of hydrogen-bond acceptors (Lipinski definition) is 2. The molecule has 0 amide bonds. The summed E-state index contributed by atoms with van der Waals surface area (Å²) in [6.45, 7) is 5.83. The first kappa shape index (κ1) is 10.2. The topological polar surface area (TPSA) is 38.4 Å². The minimum absolute atomic E-state index is 1.39. The van der Waals surface area contributed by atoms with Crippen LogP contribution in [0.5, 0.6) is 0 Å². The van der Waals surface area contributed by atoms with Crippen molar-refractivity contribution < 1.29 is 0 Å². The highest BCUT2D eigenvalue weighted by Crippen LogP contribution is 1.61. The molecule has 8 heavy (non-hydrogen) atoms. The zero-order valence-electron chi connectivity index (χ0n) is 5.76. The highest BCUT2D eigenvalue weighted by molar-refractivity contribution is 5.54. The van der Waals surface area contributed by atoms with Crippen LogP contribution in [0.1, 0.15) is 20.8 Å². The van der Waals surface area contributed by atoms with Crippen molar-refractivity contribution in [2.45, 2.75) is 20.8 Å². The van der Waals surface area contributed by atoms with Crippen LogP contribution in [0.25, 0.3) is 0 Å². The predicted octanol–water partition coefficient (Wildman–Crippen LogP) is 1.53. The SMILES string of the molecule is CC.CC=N/C=C\N. The summed E-state index contributed by atoms with van der Waals surface area (Å²) in [6.07, 6.45) is 4.59. The molecule has 2 nitrogen and oxygen atoms in total. The summed E-state index contributed by atoms with van der Waals surface area (Å²) in [5, 5.41) is 0. The summed E-state index contributed by atoms with van der Waals surface area (Å²) >= 11 is 0. The maximum Gasteiger partial charge on any atom is 0.0418 e. The molecule has 0 radical (unpaired) electrons. The Bertz CT molecular complexity index is 54.9. The van der Waals surface area contributed by atoms with Crippen molar-refractivity contribution >= 4 is 6.21 Å². The zero-order valence-corrected chi connectivity index (χ0v) is 5.76. The van der Waals surface area contributed by atoms with Gasteiger partial charge >= 0.3 is 0 Å². The molecule has 0 spiro atoms. The van der Waals surface area contributed by atoms with E-state index in [2.05, 4.69) is 4.99 Å². The van der Waals surface area contributed by atoms with Crippen LogP contribution < -0.4 is 5.73 Å². The molecule has 0 rings (SSSR count). The van der Waals surface area contributed by atoms with Gasteiger partial charge in [-0.25, -0.2) is 0 Å². The molecule has 0 aliphatic heterocycles. The molecule has 0 aromatic heterocycles. The predicted molar refractivity (Wildman–Crippen MR) is 38.8 cm³/mol. The fourth-order valence-electron chi connectivity index (χ4n) is 0.136. The Hall–Kier alpha value is -0.790. The standard InChI is InChI=1S/C4H8N2.C2H6/c1-2-6-4-3-5;1-2/h2-4H,5H2,1H3;1-2H3/b4-3-,6-2?;. The fourth-order valence-corrected chi connectivity index (χ4v) is 0.136. The second-order valence-corrected chi connectivity index (χ2v) is 0.749. The lowest BCUT2D eigenvalue weighted by Gasteiger charge is -1.65. The molecule has 0 saturated carbocycles. The summed E-state index contributed by atoms with van der Waals surface area (Å²) in [7, 11) is 0. The van der Waals surface area contributed by atoms with Crippen molar-refractivity contribution in [1.82, 2.24) is 0 Å². The van der Waals surface area contributed by atoms with E-state index in [4.69, 9.17) is 5.73 Å². The van der Waals surface area contributed by atoms with Crippen molar-refractivity contribution in [3.05, 3.63) is 12.4 Å². The van der Waals surface area contributed by atoms with Gasteiger partial charge < -0.3 is 5.73 Å². The molecule has 0 fully saturated rings. The molecule has 0 aliphatic rings. The largest absolute Gasteiger partial charge is 0.403 e. The molecule has 0 unspecified atom stereocenters. The Balaban J connectivity index is 0. The molecule has 2 N–H and O–H groups in total. The lowest BCUT2D eigenvalue weighted by Crippen LogP contribution is -1.72. The van der Waals surface area contributed by atoms with Crippen molar-refractivity contribution in [2.24, 2.45) is 10.7 Å². The molecule has 48 valence electrons. The van der Waals surface area contributed by atoms with Crippen LogP contribution >= 0.6 is 0 Å². The van der Waals surface area contributed by atoms with Gasteiger partial charge in [-0.15, -0.1) is 0 Å². The lowest BCUT2D eigenvalue weighted by molar-refractivity contribution is 1.49. The van der Waals surface area contributed by atoms with Gasteiger partial charge in [-0.2, -0.15) is 0 Å². The summed E-state index contributed by atoms with van der Waals surface area (Å²) in [5.41, 5.74) is 4.92. The highest BCUT2D eigenvalue weighted by atomic mass is 14.7. The molecule has 0 heterocycles. The van der Waals surface area contributed by atoms with Crippen LogP contribution in [0, 0.1) is 0 Å². The van der Waals surface area contributed by atoms with E-state index >= 15 is 0 Å². The van der Waals surface area contributed by atoms with E-state index in [-0.39, 0.29) is 0 Å². The van der Waals surface area contributed by atoms with E-state index in [1.54, 1.807) is 6.21 Å². The van der Waals surface area contributed by atoms with E-state index in [1.807, 2.05) is 20.8 Å². The number of rotatable bonds is 1. The molecular formula is C6H14N2. The van der Waals surface area contributed by atoms with Gasteiger partial charge in [0.2, 0.25) is 0 Å². The third-order valence-electron chi connectivity index (χ3n) is 0.321. The second kappa shape index (κ2) is 16.4. The van der Waals surface area contributed by atoms with E-state index in [1.165, 1.54) is 12.4 Å². The van der Waals surface area contributed by atoms with Crippen LogP contribution in [0.4, 0.5) is 0 Å². The maximum absolute atomic E-state index is 4.92. The molecule has 0 atom stereocenters.